The molecule has 4 N–H and O–H groups in total. The molecule has 2 amide bonds. The molecule has 0 fully saturated rings. The molecule has 0 saturated heterocycles. The molecule has 0 bridgehead atoms. The van der Waals surface area contributed by atoms with Gasteiger partial charge in [0.1, 0.15) is 11.9 Å². The van der Waals surface area contributed by atoms with Gasteiger partial charge in [0, 0.05) is 77.8 Å². The molecule has 1 atom stereocenters. The Bertz CT molecular complexity index is 775. The number of aliphatic hydroxyl groups excluding tert-OH is 2. The lowest BCUT2D eigenvalue weighted by molar-refractivity contribution is -0.196. The quantitative estimate of drug-likeness (QED) is 0.0115. The van der Waals surface area contributed by atoms with Crippen molar-refractivity contribution in [2.45, 2.75) is 0 Å². The normalized spacial score (nSPS) is 12.1. The van der Waals surface area contributed by atoms with Gasteiger partial charge in [-0.25, -0.2) is 9.79 Å². The summed E-state index contributed by atoms with van der Waals surface area (Å²) in [6.07, 6.45) is 0.874. The molecule has 0 aromatic heterocycles. The van der Waals surface area contributed by atoms with Gasteiger partial charge in [-0.3, -0.25) is 9.79 Å². The number of hydrogen-bond donors (Lipinski definition) is 4. The maximum Gasteiger partial charge on any atom is 0.407 e. The van der Waals surface area contributed by atoms with Crippen LogP contribution in [0.15, 0.2) is 9.98 Å². The number of alkyl carbamates (subject to hydrolysis) is 1. The van der Waals surface area contributed by atoms with Crippen molar-refractivity contribution in [3.63, 3.8) is 0 Å². The Balaban J connectivity index is 3.38. The number of aliphatic imine (C=N–C) groups is 2. The molecule has 0 aliphatic carbocycles. The van der Waals surface area contributed by atoms with Crippen LogP contribution in [0.3, 0.4) is 0 Å². The van der Waals surface area contributed by atoms with Crippen molar-refractivity contribution < 1.29 is 38.9 Å². The fraction of sp³-hybridized carbons (Fsp3) is 0.826. The van der Waals surface area contributed by atoms with Crippen molar-refractivity contribution >= 4 is 164 Å². The van der Waals surface area contributed by atoms with Crippen molar-refractivity contribution in [3.05, 3.63) is 0 Å². The van der Waals surface area contributed by atoms with E-state index in [1.54, 1.807) is 70.6 Å². The van der Waals surface area contributed by atoms with Crippen LogP contribution in [0.4, 0.5) is 9.59 Å². The second-order valence-electron chi connectivity index (χ2n) is 7.51. The lowest BCUT2D eigenvalue weighted by Crippen LogP contribution is -2.26. The summed E-state index contributed by atoms with van der Waals surface area (Å²) >= 11 is 16.1. The summed E-state index contributed by atoms with van der Waals surface area (Å²) in [6, 6.07) is 0. The zero-order chi connectivity index (χ0) is 34.3. The van der Waals surface area contributed by atoms with Gasteiger partial charge in [-0.05, 0) is 0 Å². The lowest BCUT2D eigenvalue weighted by Gasteiger charge is -2.06. The van der Waals surface area contributed by atoms with E-state index < -0.39 is 17.3 Å². The van der Waals surface area contributed by atoms with Crippen molar-refractivity contribution in [3.8, 4) is 0 Å². The van der Waals surface area contributed by atoms with Crippen LogP contribution < -0.4 is 10.6 Å². The monoisotopic (exact) mass is 888 g/mol. The number of nitrogens with zero attached hydrogens (tertiary/aromatic N) is 2. The third-order valence-electron chi connectivity index (χ3n) is 4.03. The largest absolute Gasteiger partial charge is 0.610 e. The lowest BCUT2D eigenvalue weighted by atomic mass is 10.7. The number of carbonyl (C=O) groups is 2. The van der Waals surface area contributed by atoms with E-state index in [2.05, 4.69) is 20.6 Å². The molecule has 0 heterocycles. The average Bonchev–Trinajstić information content (AvgIpc) is 3.06. The van der Waals surface area contributed by atoms with E-state index in [4.69, 9.17) is 24.7 Å². The molecule has 0 spiro atoms. The first kappa shape index (κ1) is 48.9. The first-order valence-corrected chi connectivity index (χ1v) is 27.5. The number of thioether (sulfide) groups is 11. The van der Waals surface area contributed by atoms with Crippen molar-refractivity contribution in [1.29, 1.82) is 0 Å². The third-order valence-corrected chi connectivity index (χ3v) is 17.1. The molecule has 0 aromatic carbocycles. The fourth-order valence-corrected chi connectivity index (χ4v) is 12.7. The summed E-state index contributed by atoms with van der Waals surface area (Å²) in [5.74, 6) is 4.19. The predicted molar refractivity (Wildman–Crippen MR) is 226 cm³/mol. The van der Waals surface area contributed by atoms with Crippen molar-refractivity contribution in [2.75, 3.05) is 109 Å². The number of amides is 2. The Hall–Kier alpha value is 1.92. The van der Waals surface area contributed by atoms with Crippen LogP contribution in [0.1, 0.15) is 0 Å². The molecule has 12 nitrogen and oxygen atoms in total. The SMILES string of the molecule is O=C(NCCSCSCC/N=C\[S+]([O-])CSCSCSC(=O)NCCSCSCC/N=C\OOCSCSCO)OCSCSCO. The number of rotatable bonds is 35. The van der Waals surface area contributed by atoms with Crippen molar-refractivity contribution in [1.82, 2.24) is 10.6 Å². The van der Waals surface area contributed by atoms with Gasteiger partial charge in [-0.1, -0.05) is 23.5 Å². The van der Waals surface area contributed by atoms with Gasteiger partial charge in [-0.15, -0.1) is 106 Å². The summed E-state index contributed by atoms with van der Waals surface area (Å²) in [6.45, 7) is 2.43. The second kappa shape index (κ2) is 42.3. The molecule has 24 heteroatoms. The van der Waals surface area contributed by atoms with Gasteiger partial charge in [0.05, 0.1) is 25.0 Å². The number of aliphatic hydroxyl groups is 2. The van der Waals surface area contributed by atoms with Gasteiger partial charge in [0.25, 0.3) is 5.24 Å². The number of ether oxygens (including phenoxy) is 1. The molecule has 0 aliphatic heterocycles. The minimum absolute atomic E-state index is 0.0260. The van der Waals surface area contributed by atoms with E-state index in [0.717, 1.165) is 43.4 Å². The second-order valence-corrected chi connectivity index (χ2v) is 22.4. The van der Waals surface area contributed by atoms with Crippen LogP contribution in [0, 0.1) is 0 Å². The summed E-state index contributed by atoms with van der Waals surface area (Å²) in [5.41, 5.74) is 1.52. The molecule has 276 valence electrons. The highest BCUT2D eigenvalue weighted by atomic mass is 32.3. The average molecular weight is 889 g/mol. The molecule has 47 heavy (non-hydrogen) atoms. The topological polar surface area (TPSA) is 174 Å². The fourth-order valence-electron chi connectivity index (χ4n) is 2.14. The van der Waals surface area contributed by atoms with E-state index in [1.165, 1.54) is 70.8 Å². The molecular formula is C23H44N4O8S12. The van der Waals surface area contributed by atoms with Gasteiger partial charge >= 0.3 is 6.09 Å². The maximum atomic E-state index is 12.1. The summed E-state index contributed by atoms with van der Waals surface area (Å²) in [5, 5.41) is 28.0. The minimum Gasteiger partial charge on any atom is -0.610 e. The Kier molecular flexibility index (Phi) is 44.1. The Morgan fingerprint density at radius 1 is 0.702 bits per heavy atom. The van der Waals surface area contributed by atoms with E-state index in [9.17, 15) is 14.1 Å². The molecule has 0 aromatic rings. The van der Waals surface area contributed by atoms with Crippen LogP contribution in [0.25, 0.3) is 0 Å². The Labute approximate surface area is 328 Å². The molecule has 0 saturated carbocycles. The summed E-state index contributed by atoms with van der Waals surface area (Å²) in [4.78, 5) is 41.5. The highest BCUT2D eigenvalue weighted by Gasteiger charge is 2.05. The van der Waals surface area contributed by atoms with E-state index >= 15 is 0 Å². The number of hydrogen-bond acceptors (Lipinski definition) is 21. The molecular weight excluding hydrogens is 845 g/mol. The first-order valence-electron chi connectivity index (χ1n) is 13.5. The van der Waals surface area contributed by atoms with Crippen molar-refractivity contribution in [2.24, 2.45) is 9.98 Å². The highest BCUT2D eigenvalue weighted by Crippen LogP contribution is 2.19. The van der Waals surface area contributed by atoms with Crippen LogP contribution in [-0.4, -0.2) is 147 Å². The van der Waals surface area contributed by atoms with Crippen LogP contribution in [0.5, 0.6) is 0 Å². The summed E-state index contributed by atoms with van der Waals surface area (Å²) in [7, 11) is 0. The van der Waals surface area contributed by atoms with Gasteiger partial charge in [0.2, 0.25) is 11.9 Å². The maximum absolute atomic E-state index is 12.1. The predicted octanol–water partition coefficient (Wildman–Crippen LogP) is 5.76. The van der Waals surface area contributed by atoms with E-state index in [-0.39, 0.29) is 23.1 Å². The number of nitrogens with one attached hydrogen (secondary N) is 2. The van der Waals surface area contributed by atoms with Gasteiger partial charge < -0.3 is 35.0 Å². The first-order chi connectivity index (χ1) is 23.1. The smallest absolute Gasteiger partial charge is 0.407 e. The minimum atomic E-state index is -1.11. The van der Waals surface area contributed by atoms with E-state index in [1.807, 2.05) is 0 Å². The zero-order valence-electron chi connectivity index (χ0n) is 25.7. The zero-order valence-corrected chi connectivity index (χ0v) is 35.5. The molecule has 0 aliphatic rings. The van der Waals surface area contributed by atoms with Gasteiger partial charge in [0.15, 0.2) is 5.08 Å². The van der Waals surface area contributed by atoms with E-state index in [0.29, 0.717) is 47.4 Å². The summed E-state index contributed by atoms with van der Waals surface area (Å²) < 4.78 is 17.1. The molecule has 0 rings (SSSR count). The Morgan fingerprint density at radius 2 is 1.30 bits per heavy atom. The molecule has 1 unspecified atom stereocenters. The van der Waals surface area contributed by atoms with Crippen LogP contribution in [0.2, 0.25) is 0 Å². The molecule has 0 radical (unpaired) electrons. The van der Waals surface area contributed by atoms with Crippen LogP contribution >= 0.6 is 129 Å². The third kappa shape index (κ3) is 42.2. The van der Waals surface area contributed by atoms with Gasteiger partial charge in [-0.2, -0.15) is 4.89 Å². The standard InChI is InChI=1S/C23H44N4O8S12/c28-11-40-17-42-13-33-22(30)26-3-7-38-16-37-6-2-25-10-47(32)21-45-19-44-20-46-23(31)27-4-8-39-15-36-5-1-24-9-34-35-14-43-18-41-12-29/h9-10,28-29H,1-8,11-21H2,(H,26,30)(H,27,31)/b24-9-,25-10-. The Morgan fingerprint density at radius 3 is 2.00 bits per heavy atom. The number of carbonyl (C=O) groups excluding carboxylic acids is 2. The van der Waals surface area contributed by atoms with Crippen LogP contribution in [-0.2, 0) is 25.7 Å². The highest BCUT2D eigenvalue weighted by molar-refractivity contribution is 8.29.